The number of hydrogen-bond donors (Lipinski definition) is 1. The van der Waals surface area contributed by atoms with Crippen molar-refractivity contribution >= 4 is 11.0 Å². The molecule has 1 N–H and O–H groups in total. The molecule has 0 fully saturated rings. The van der Waals surface area contributed by atoms with Gasteiger partial charge in [-0.05, 0) is 43.5 Å². The molecule has 0 bridgehead atoms. The Morgan fingerprint density at radius 1 is 0.800 bits per heavy atom. The summed E-state index contributed by atoms with van der Waals surface area (Å²) in [5, 5.41) is 10.3. The minimum absolute atomic E-state index is 0.0552. The molecule has 4 rings (SSSR count). The predicted molar refractivity (Wildman–Crippen MR) is 123 cm³/mol. The number of imidazole rings is 1. The smallest absolute Gasteiger partial charge is 0.206 e. The zero-order chi connectivity index (χ0) is 21.1. The van der Waals surface area contributed by atoms with Crippen LogP contribution in [0.3, 0.4) is 0 Å². The van der Waals surface area contributed by atoms with E-state index in [4.69, 9.17) is 0 Å². The van der Waals surface area contributed by atoms with Gasteiger partial charge in [-0.3, -0.25) is 4.99 Å². The molecule has 1 aromatic heterocycles. The van der Waals surface area contributed by atoms with Crippen LogP contribution in [0.4, 0.5) is 0 Å². The molecule has 0 saturated carbocycles. The van der Waals surface area contributed by atoms with E-state index in [0.29, 0.717) is 0 Å². The minimum Gasteiger partial charge on any atom is -0.394 e. The van der Waals surface area contributed by atoms with Crippen molar-refractivity contribution in [3.05, 3.63) is 101 Å². The van der Waals surface area contributed by atoms with Crippen molar-refractivity contribution in [3.63, 3.8) is 0 Å². The zero-order valence-corrected chi connectivity index (χ0v) is 17.9. The fourth-order valence-electron chi connectivity index (χ4n) is 4.10. The van der Waals surface area contributed by atoms with Crippen molar-refractivity contribution in [1.82, 2.24) is 9.13 Å². The summed E-state index contributed by atoms with van der Waals surface area (Å²) >= 11 is 0. The van der Waals surface area contributed by atoms with Crippen molar-refractivity contribution in [2.75, 3.05) is 13.7 Å². The van der Waals surface area contributed by atoms with Gasteiger partial charge in [0.1, 0.15) is 0 Å². The monoisotopic (exact) mass is 399 g/mol. The number of para-hydroxylation sites is 2. The van der Waals surface area contributed by atoms with Gasteiger partial charge in [0.2, 0.25) is 5.62 Å². The van der Waals surface area contributed by atoms with E-state index < -0.39 is 0 Å². The standard InChI is InChI=1S/C26H29N3O/c1-19-8-12-21(13-9-19)16-23(18-30)29-25-7-5-4-6-24(25)28(26(29)27-3)17-22-14-10-20(2)11-15-22/h4-15,23,30H,16-18H2,1-3H3. The van der Waals surface area contributed by atoms with Gasteiger partial charge in [0.15, 0.2) is 0 Å². The molecule has 0 aliphatic carbocycles. The highest BCUT2D eigenvalue weighted by molar-refractivity contribution is 5.76. The maximum Gasteiger partial charge on any atom is 0.206 e. The van der Waals surface area contributed by atoms with Gasteiger partial charge < -0.3 is 14.2 Å². The molecule has 1 unspecified atom stereocenters. The summed E-state index contributed by atoms with van der Waals surface area (Å²) in [5.74, 6) is 0. The normalized spacial score (nSPS) is 13.1. The lowest BCUT2D eigenvalue weighted by molar-refractivity contribution is 0.226. The Balaban J connectivity index is 1.82. The number of rotatable bonds is 6. The highest BCUT2D eigenvalue weighted by Crippen LogP contribution is 2.21. The first-order valence-corrected chi connectivity index (χ1v) is 10.4. The van der Waals surface area contributed by atoms with E-state index >= 15 is 0 Å². The van der Waals surface area contributed by atoms with E-state index in [1.165, 1.54) is 22.3 Å². The maximum atomic E-state index is 10.3. The van der Waals surface area contributed by atoms with Crippen LogP contribution >= 0.6 is 0 Å². The molecule has 0 spiro atoms. The molecule has 154 valence electrons. The van der Waals surface area contributed by atoms with E-state index in [1.807, 2.05) is 7.05 Å². The third kappa shape index (κ3) is 3.96. The number of fused-ring (bicyclic) bond motifs is 1. The van der Waals surface area contributed by atoms with Gasteiger partial charge in [-0.1, -0.05) is 71.8 Å². The average Bonchev–Trinajstić information content (AvgIpc) is 3.08. The van der Waals surface area contributed by atoms with E-state index in [1.54, 1.807) is 0 Å². The molecule has 3 aromatic carbocycles. The van der Waals surface area contributed by atoms with E-state index in [-0.39, 0.29) is 12.6 Å². The number of aliphatic hydroxyl groups is 1. The summed E-state index contributed by atoms with van der Waals surface area (Å²) < 4.78 is 4.45. The van der Waals surface area contributed by atoms with E-state index in [2.05, 4.69) is 101 Å². The highest BCUT2D eigenvalue weighted by Gasteiger charge is 2.19. The van der Waals surface area contributed by atoms with Crippen molar-refractivity contribution < 1.29 is 5.11 Å². The third-order valence-electron chi connectivity index (χ3n) is 5.72. The summed E-state index contributed by atoms with van der Waals surface area (Å²) in [6.07, 6.45) is 0.752. The van der Waals surface area contributed by atoms with Crippen LogP contribution in [-0.4, -0.2) is 27.9 Å². The average molecular weight is 400 g/mol. The third-order valence-corrected chi connectivity index (χ3v) is 5.72. The summed E-state index contributed by atoms with van der Waals surface area (Å²) in [5.41, 5.74) is 8.04. The van der Waals surface area contributed by atoms with Crippen LogP contribution in [-0.2, 0) is 13.0 Å². The van der Waals surface area contributed by atoms with Crippen LogP contribution in [0, 0.1) is 13.8 Å². The number of aromatic nitrogens is 2. The molecule has 0 radical (unpaired) electrons. The molecular weight excluding hydrogens is 370 g/mol. The maximum absolute atomic E-state index is 10.3. The van der Waals surface area contributed by atoms with Gasteiger partial charge in [-0.25, -0.2) is 0 Å². The van der Waals surface area contributed by atoms with Crippen LogP contribution < -0.4 is 5.62 Å². The number of aliphatic hydroxyl groups excluding tert-OH is 1. The molecule has 0 aliphatic heterocycles. The van der Waals surface area contributed by atoms with Crippen LogP contribution in [0.25, 0.3) is 11.0 Å². The number of aryl methyl sites for hydroxylation is 2. The van der Waals surface area contributed by atoms with Crippen LogP contribution in [0.15, 0.2) is 77.8 Å². The second-order valence-corrected chi connectivity index (χ2v) is 7.98. The van der Waals surface area contributed by atoms with Gasteiger partial charge in [0.25, 0.3) is 0 Å². The lowest BCUT2D eigenvalue weighted by Crippen LogP contribution is -2.31. The van der Waals surface area contributed by atoms with Gasteiger partial charge >= 0.3 is 0 Å². The molecule has 4 heteroatoms. The molecule has 0 saturated heterocycles. The molecule has 0 amide bonds. The SMILES string of the molecule is CN=c1n(Cc2ccc(C)cc2)c2ccccc2n1C(CO)Cc1ccc(C)cc1. The molecule has 4 aromatic rings. The van der Waals surface area contributed by atoms with Gasteiger partial charge in [-0.15, -0.1) is 0 Å². The Bertz CT molecular complexity index is 1200. The quantitative estimate of drug-likeness (QED) is 0.513. The Morgan fingerprint density at radius 3 is 1.93 bits per heavy atom. The van der Waals surface area contributed by atoms with Crippen molar-refractivity contribution in [2.45, 2.75) is 32.9 Å². The zero-order valence-electron chi connectivity index (χ0n) is 17.9. The van der Waals surface area contributed by atoms with Gasteiger partial charge in [-0.2, -0.15) is 0 Å². The minimum atomic E-state index is -0.0874. The Morgan fingerprint density at radius 2 is 1.37 bits per heavy atom. The van der Waals surface area contributed by atoms with Crippen molar-refractivity contribution in [2.24, 2.45) is 4.99 Å². The number of hydrogen-bond acceptors (Lipinski definition) is 2. The topological polar surface area (TPSA) is 42.5 Å². The second kappa shape index (κ2) is 8.72. The van der Waals surface area contributed by atoms with Crippen molar-refractivity contribution in [1.29, 1.82) is 0 Å². The number of nitrogens with zero attached hydrogens (tertiary/aromatic N) is 3. The summed E-state index contributed by atoms with van der Waals surface area (Å²) in [6, 6.07) is 25.4. The molecule has 0 aliphatic rings. The first kappa shape index (κ1) is 20.2. The molecular formula is C26H29N3O. The summed E-state index contributed by atoms with van der Waals surface area (Å²) in [6.45, 7) is 4.99. The van der Waals surface area contributed by atoms with Crippen LogP contribution in [0.1, 0.15) is 28.3 Å². The van der Waals surface area contributed by atoms with Gasteiger partial charge in [0, 0.05) is 7.05 Å². The summed E-state index contributed by atoms with van der Waals surface area (Å²) in [4.78, 5) is 4.66. The second-order valence-electron chi connectivity index (χ2n) is 7.98. The first-order chi connectivity index (χ1) is 14.6. The van der Waals surface area contributed by atoms with E-state index in [9.17, 15) is 5.11 Å². The Labute approximate surface area is 177 Å². The Hall–Kier alpha value is -3.11. The lowest BCUT2D eigenvalue weighted by Gasteiger charge is -2.18. The van der Waals surface area contributed by atoms with Gasteiger partial charge in [0.05, 0.1) is 30.2 Å². The lowest BCUT2D eigenvalue weighted by atomic mass is 10.0. The fraction of sp³-hybridized carbons (Fsp3) is 0.269. The Kier molecular flexibility index (Phi) is 5.86. The van der Waals surface area contributed by atoms with Crippen LogP contribution in [0.5, 0.6) is 0 Å². The highest BCUT2D eigenvalue weighted by atomic mass is 16.3. The first-order valence-electron chi connectivity index (χ1n) is 10.4. The summed E-state index contributed by atoms with van der Waals surface area (Å²) in [7, 11) is 1.83. The largest absolute Gasteiger partial charge is 0.394 e. The van der Waals surface area contributed by atoms with Crippen LogP contribution in [0.2, 0.25) is 0 Å². The van der Waals surface area contributed by atoms with E-state index in [0.717, 1.165) is 29.6 Å². The van der Waals surface area contributed by atoms with Crippen molar-refractivity contribution in [3.8, 4) is 0 Å². The number of benzene rings is 3. The molecule has 4 nitrogen and oxygen atoms in total. The predicted octanol–water partition coefficient (Wildman–Crippen LogP) is 4.41. The molecule has 1 atom stereocenters. The fourth-order valence-corrected chi connectivity index (χ4v) is 4.10. The molecule has 30 heavy (non-hydrogen) atoms. The molecule has 1 heterocycles.